The van der Waals surface area contributed by atoms with E-state index in [1.165, 1.54) is 30.0 Å². The van der Waals surface area contributed by atoms with Gasteiger partial charge in [-0.1, -0.05) is 60.3 Å². The van der Waals surface area contributed by atoms with Crippen LogP contribution in [0.25, 0.3) is 22.2 Å². The highest BCUT2D eigenvalue weighted by atomic mass is 32.2. The average molecular weight is 388 g/mol. The number of rotatable bonds is 5. The van der Waals surface area contributed by atoms with Gasteiger partial charge >= 0.3 is 0 Å². The molecule has 1 aromatic heterocycles. The second-order valence-electron chi connectivity index (χ2n) is 6.15. The molecule has 0 aliphatic carbocycles. The quantitative estimate of drug-likeness (QED) is 0.223. The van der Waals surface area contributed by atoms with Gasteiger partial charge in [-0.25, -0.2) is 9.97 Å². The molecule has 28 heavy (non-hydrogen) atoms. The second kappa shape index (κ2) is 7.70. The molecule has 3 aromatic carbocycles. The molecule has 4 aromatic rings. The molecular formula is C22H16N2O3S. The molecule has 0 amide bonds. The van der Waals surface area contributed by atoms with Crippen LogP contribution in [0.1, 0.15) is 10.4 Å². The molecule has 6 heteroatoms. The van der Waals surface area contributed by atoms with Gasteiger partial charge in [0.25, 0.3) is 0 Å². The maximum atomic E-state index is 12.4. The molecule has 4 rings (SSSR count). The van der Waals surface area contributed by atoms with Gasteiger partial charge in [-0.3, -0.25) is 4.79 Å². The Balaban J connectivity index is 1.64. The Morgan fingerprint density at radius 3 is 2.39 bits per heavy atom. The minimum atomic E-state index is -0.316. The summed E-state index contributed by atoms with van der Waals surface area (Å²) in [6.07, 6.45) is 0. The number of carbonyl (C=O) groups excluding carboxylic acids is 1. The minimum Gasteiger partial charge on any atom is -0.504 e. The Hall–Kier alpha value is -3.38. The van der Waals surface area contributed by atoms with Gasteiger partial charge in [0.05, 0.1) is 17.0 Å². The summed E-state index contributed by atoms with van der Waals surface area (Å²) < 4.78 is 0. The largest absolute Gasteiger partial charge is 0.504 e. The normalized spacial score (nSPS) is 10.9. The Bertz CT molecular complexity index is 1160. The number of benzene rings is 3. The van der Waals surface area contributed by atoms with Crippen molar-refractivity contribution in [1.29, 1.82) is 0 Å². The number of ketones is 1. The summed E-state index contributed by atoms with van der Waals surface area (Å²) in [6, 6.07) is 21.7. The van der Waals surface area contributed by atoms with Crippen LogP contribution in [-0.2, 0) is 0 Å². The van der Waals surface area contributed by atoms with E-state index in [1.54, 1.807) is 0 Å². The molecule has 0 atom stereocenters. The zero-order valence-corrected chi connectivity index (χ0v) is 15.6. The molecule has 0 fully saturated rings. The molecule has 5 nitrogen and oxygen atoms in total. The number of phenolic OH excluding ortho intramolecular Hbond substituents is 2. The van der Waals surface area contributed by atoms with Gasteiger partial charge in [-0.2, -0.15) is 0 Å². The van der Waals surface area contributed by atoms with E-state index in [9.17, 15) is 15.0 Å². The number of aromatic nitrogens is 2. The van der Waals surface area contributed by atoms with Crippen LogP contribution in [0.15, 0.2) is 78.0 Å². The first-order chi connectivity index (χ1) is 13.6. The molecule has 0 saturated carbocycles. The van der Waals surface area contributed by atoms with Crippen molar-refractivity contribution in [3.8, 4) is 22.8 Å². The zero-order chi connectivity index (χ0) is 19.5. The van der Waals surface area contributed by atoms with E-state index in [-0.39, 0.29) is 23.0 Å². The lowest BCUT2D eigenvalue weighted by atomic mass is 10.1. The number of nitrogens with zero attached hydrogens (tertiary/aromatic N) is 2. The number of hydrogen-bond donors (Lipinski definition) is 2. The Morgan fingerprint density at radius 1 is 0.857 bits per heavy atom. The lowest BCUT2D eigenvalue weighted by Crippen LogP contribution is -2.03. The summed E-state index contributed by atoms with van der Waals surface area (Å²) in [4.78, 5) is 21.7. The molecule has 0 aliphatic rings. The van der Waals surface area contributed by atoms with Crippen LogP contribution in [-0.4, -0.2) is 31.7 Å². The van der Waals surface area contributed by atoms with E-state index in [0.29, 0.717) is 10.7 Å². The number of aromatic hydroxyl groups is 2. The SMILES string of the molecule is O=C(CSc1nc(-c2ccccc2)c2ccccc2n1)c1ccc(O)c(O)c1. The molecule has 1 heterocycles. The molecule has 2 N–H and O–H groups in total. The van der Waals surface area contributed by atoms with E-state index in [2.05, 4.69) is 9.97 Å². The van der Waals surface area contributed by atoms with Crippen LogP contribution in [0.2, 0.25) is 0 Å². The van der Waals surface area contributed by atoms with Crippen molar-refractivity contribution in [1.82, 2.24) is 9.97 Å². The second-order valence-corrected chi connectivity index (χ2v) is 7.10. The first-order valence-electron chi connectivity index (χ1n) is 8.62. The monoisotopic (exact) mass is 388 g/mol. The predicted molar refractivity (Wildman–Crippen MR) is 110 cm³/mol. The summed E-state index contributed by atoms with van der Waals surface area (Å²) >= 11 is 1.24. The third kappa shape index (κ3) is 3.68. The standard InChI is InChI=1S/C22H16N2O3S/c25-18-11-10-15(12-19(18)26)20(27)13-28-22-23-17-9-5-4-8-16(17)21(24-22)14-6-2-1-3-7-14/h1-12,25-26H,13H2. The first kappa shape index (κ1) is 18.0. The van der Waals surface area contributed by atoms with Crippen molar-refractivity contribution < 1.29 is 15.0 Å². The van der Waals surface area contributed by atoms with Crippen molar-refractivity contribution in [3.63, 3.8) is 0 Å². The molecule has 0 unspecified atom stereocenters. The molecule has 0 spiro atoms. The van der Waals surface area contributed by atoms with Gasteiger partial charge in [0.15, 0.2) is 22.4 Å². The number of para-hydroxylation sites is 1. The van der Waals surface area contributed by atoms with Crippen molar-refractivity contribution >= 4 is 28.4 Å². The number of phenols is 2. The molecule has 0 bridgehead atoms. The van der Waals surface area contributed by atoms with Gasteiger partial charge < -0.3 is 10.2 Å². The van der Waals surface area contributed by atoms with Gasteiger partial charge in [0, 0.05) is 16.5 Å². The zero-order valence-electron chi connectivity index (χ0n) is 14.7. The highest BCUT2D eigenvalue weighted by Gasteiger charge is 2.13. The first-order valence-corrected chi connectivity index (χ1v) is 9.60. The third-order valence-corrected chi connectivity index (χ3v) is 5.11. The topological polar surface area (TPSA) is 83.3 Å². The lowest BCUT2D eigenvalue weighted by Gasteiger charge is -2.09. The molecule has 0 radical (unpaired) electrons. The third-order valence-electron chi connectivity index (χ3n) is 4.26. The Labute approximate surface area is 165 Å². The van der Waals surface area contributed by atoms with Crippen molar-refractivity contribution in [2.24, 2.45) is 0 Å². The minimum absolute atomic E-state index is 0.122. The number of carbonyl (C=O) groups is 1. The predicted octanol–water partition coefficient (Wildman–Crippen LogP) is 4.68. The summed E-state index contributed by atoms with van der Waals surface area (Å²) in [6.45, 7) is 0. The number of Topliss-reactive ketones (excluding diaryl/α,β-unsaturated/α-hetero) is 1. The highest BCUT2D eigenvalue weighted by Crippen LogP contribution is 2.29. The van der Waals surface area contributed by atoms with Crippen LogP contribution in [0.4, 0.5) is 0 Å². The van der Waals surface area contributed by atoms with Gasteiger partial charge in [-0.05, 0) is 24.3 Å². The summed E-state index contributed by atoms with van der Waals surface area (Å²) in [5, 5.41) is 20.4. The maximum Gasteiger partial charge on any atom is 0.189 e. The van der Waals surface area contributed by atoms with Crippen molar-refractivity contribution in [3.05, 3.63) is 78.4 Å². The number of thioether (sulfide) groups is 1. The smallest absolute Gasteiger partial charge is 0.189 e. The van der Waals surface area contributed by atoms with Crippen molar-refractivity contribution in [2.45, 2.75) is 5.16 Å². The maximum absolute atomic E-state index is 12.4. The van der Waals surface area contributed by atoms with Gasteiger partial charge in [0.2, 0.25) is 0 Å². The van der Waals surface area contributed by atoms with Crippen molar-refractivity contribution in [2.75, 3.05) is 5.75 Å². The molecule has 0 aliphatic heterocycles. The molecule has 138 valence electrons. The Morgan fingerprint density at radius 2 is 1.61 bits per heavy atom. The van der Waals surface area contributed by atoms with Crippen LogP contribution in [0.5, 0.6) is 11.5 Å². The van der Waals surface area contributed by atoms with Crippen LogP contribution >= 0.6 is 11.8 Å². The molecular weight excluding hydrogens is 372 g/mol. The van der Waals surface area contributed by atoms with Gasteiger partial charge in [0.1, 0.15) is 0 Å². The molecule has 0 saturated heterocycles. The highest BCUT2D eigenvalue weighted by molar-refractivity contribution is 7.99. The van der Waals surface area contributed by atoms with E-state index in [1.807, 2.05) is 54.6 Å². The van der Waals surface area contributed by atoms with Crippen LogP contribution in [0, 0.1) is 0 Å². The fourth-order valence-electron chi connectivity index (χ4n) is 2.85. The van der Waals surface area contributed by atoms with E-state index in [4.69, 9.17) is 0 Å². The number of hydrogen-bond acceptors (Lipinski definition) is 6. The Kier molecular flexibility index (Phi) is 4.95. The lowest BCUT2D eigenvalue weighted by molar-refractivity contribution is 0.102. The summed E-state index contributed by atoms with van der Waals surface area (Å²) in [7, 11) is 0. The van der Waals surface area contributed by atoms with E-state index in [0.717, 1.165) is 22.2 Å². The number of fused-ring (bicyclic) bond motifs is 1. The van der Waals surface area contributed by atoms with E-state index >= 15 is 0 Å². The summed E-state index contributed by atoms with van der Waals surface area (Å²) in [5.74, 6) is -0.631. The summed E-state index contributed by atoms with van der Waals surface area (Å²) in [5.41, 5.74) is 2.95. The van der Waals surface area contributed by atoms with Crippen LogP contribution in [0.3, 0.4) is 0 Å². The van der Waals surface area contributed by atoms with Crippen LogP contribution < -0.4 is 0 Å². The van der Waals surface area contributed by atoms with E-state index < -0.39 is 0 Å². The average Bonchev–Trinajstić information content (AvgIpc) is 2.74. The van der Waals surface area contributed by atoms with Gasteiger partial charge in [-0.15, -0.1) is 0 Å². The fourth-order valence-corrected chi connectivity index (χ4v) is 3.59. The fraction of sp³-hybridized carbons (Fsp3) is 0.0455.